The van der Waals surface area contributed by atoms with Crippen LogP contribution < -0.4 is 9.64 Å². The Morgan fingerprint density at radius 1 is 0.808 bits per heavy atom. The van der Waals surface area contributed by atoms with Gasteiger partial charge in [-0.2, -0.15) is 0 Å². The average Bonchev–Trinajstić information content (AvgIpc) is 2.68. The zero-order valence-electron chi connectivity index (χ0n) is 14.7. The molecule has 0 N–H and O–H groups in total. The molecule has 0 aliphatic carbocycles. The summed E-state index contributed by atoms with van der Waals surface area (Å²) in [5.41, 5.74) is 3.32. The van der Waals surface area contributed by atoms with Gasteiger partial charge >= 0.3 is 5.97 Å². The van der Waals surface area contributed by atoms with Crippen molar-refractivity contribution in [1.82, 2.24) is 0 Å². The SMILES string of the molecule is CC(=O)Oc1ccc(-c2cccc(C(=O)N(C)c3ccccc3)c2)cc1. The summed E-state index contributed by atoms with van der Waals surface area (Å²) in [6.45, 7) is 1.37. The van der Waals surface area contributed by atoms with Gasteiger partial charge in [0.15, 0.2) is 0 Å². The summed E-state index contributed by atoms with van der Waals surface area (Å²) in [6, 6.07) is 24.2. The molecule has 0 aliphatic rings. The lowest BCUT2D eigenvalue weighted by Gasteiger charge is -2.17. The number of para-hydroxylation sites is 1. The van der Waals surface area contributed by atoms with E-state index in [1.54, 1.807) is 30.1 Å². The summed E-state index contributed by atoms with van der Waals surface area (Å²) >= 11 is 0. The van der Waals surface area contributed by atoms with Crippen LogP contribution in [-0.2, 0) is 4.79 Å². The second kappa shape index (κ2) is 7.66. The van der Waals surface area contributed by atoms with E-state index in [9.17, 15) is 9.59 Å². The number of esters is 1. The highest BCUT2D eigenvalue weighted by molar-refractivity contribution is 6.06. The van der Waals surface area contributed by atoms with Crippen LogP contribution in [-0.4, -0.2) is 18.9 Å². The van der Waals surface area contributed by atoms with Gasteiger partial charge in [0, 0.05) is 25.2 Å². The maximum Gasteiger partial charge on any atom is 0.308 e. The highest BCUT2D eigenvalue weighted by Crippen LogP contribution is 2.24. The third kappa shape index (κ3) is 3.98. The molecule has 4 nitrogen and oxygen atoms in total. The normalized spacial score (nSPS) is 10.2. The summed E-state index contributed by atoms with van der Waals surface area (Å²) in [5, 5.41) is 0. The van der Waals surface area contributed by atoms with Crippen LogP contribution in [0, 0.1) is 0 Å². The molecular formula is C22H19NO3. The first kappa shape index (κ1) is 17.4. The van der Waals surface area contributed by atoms with Gasteiger partial charge in [-0.15, -0.1) is 0 Å². The predicted molar refractivity (Wildman–Crippen MR) is 102 cm³/mol. The Hall–Kier alpha value is -3.40. The van der Waals surface area contributed by atoms with E-state index in [4.69, 9.17) is 4.74 Å². The first-order valence-electron chi connectivity index (χ1n) is 8.26. The van der Waals surface area contributed by atoms with E-state index in [-0.39, 0.29) is 11.9 Å². The third-order valence-corrected chi connectivity index (χ3v) is 4.01. The van der Waals surface area contributed by atoms with Crippen molar-refractivity contribution in [3.8, 4) is 16.9 Å². The van der Waals surface area contributed by atoms with Crippen molar-refractivity contribution in [2.24, 2.45) is 0 Å². The topological polar surface area (TPSA) is 46.6 Å². The molecule has 3 rings (SSSR count). The molecule has 0 heterocycles. The second-order valence-corrected chi connectivity index (χ2v) is 5.90. The maximum absolute atomic E-state index is 12.8. The number of carbonyl (C=O) groups excluding carboxylic acids is 2. The number of benzene rings is 3. The summed E-state index contributed by atoms with van der Waals surface area (Å²) in [4.78, 5) is 25.4. The largest absolute Gasteiger partial charge is 0.427 e. The minimum absolute atomic E-state index is 0.0745. The van der Waals surface area contributed by atoms with E-state index >= 15 is 0 Å². The second-order valence-electron chi connectivity index (χ2n) is 5.90. The first-order valence-corrected chi connectivity index (χ1v) is 8.26. The van der Waals surface area contributed by atoms with Gasteiger partial charge in [-0.1, -0.05) is 42.5 Å². The van der Waals surface area contributed by atoms with Gasteiger partial charge in [-0.25, -0.2) is 0 Å². The Labute approximate surface area is 152 Å². The minimum atomic E-state index is -0.353. The third-order valence-electron chi connectivity index (χ3n) is 4.01. The molecule has 0 saturated carbocycles. The lowest BCUT2D eigenvalue weighted by molar-refractivity contribution is -0.131. The van der Waals surface area contributed by atoms with Crippen LogP contribution in [0.15, 0.2) is 78.9 Å². The van der Waals surface area contributed by atoms with Crippen LogP contribution in [0.1, 0.15) is 17.3 Å². The lowest BCUT2D eigenvalue weighted by Crippen LogP contribution is -2.26. The summed E-state index contributed by atoms with van der Waals surface area (Å²) in [7, 11) is 1.76. The number of hydrogen-bond donors (Lipinski definition) is 0. The highest BCUT2D eigenvalue weighted by atomic mass is 16.5. The van der Waals surface area contributed by atoms with Gasteiger partial charge in [0.2, 0.25) is 0 Å². The first-order chi connectivity index (χ1) is 12.5. The number of amides is 1. The van der Waals surface area contributed by atoms with Crippen molar-refractivity contribution in [1.29, 1.82) is 0 Å². The quantitative estimate of drug-likeness (QED) is 0.514. The molecule has 4 heteroatoms. The number of ether oxygens (including phenoxy) is 1. The van der Waals surface area contributed by atoms with Crippen molar-refractivity contribution >= 4 is 17.6 Å². The molecule has 0 bridgehead atoms. The van der Waals surface area contributed by atoms with E-state index < -0.39 is 0 Å². The number of hydrogen-bond acceptors (Lipinski definition) is 3. The van der Waals surface area contributed by atoms with Gasteiger partial charge in [0.1, 0.15) is 5.75 Å². The Kier molecular flexibility index (Phi) is 5.13. The molecule has 0 fully saturated rings. The molecule has 0 radical (unpaired) electrons. The van der Waals surface area contributed by atoms with Crippen molar-refractivity contribution in [3.05, 3.63) is 84.4 Å². The molecule has 0 saturated heterocycles. The number of rotatable bonds is 4. The minimum Gasteiger partial charge on any atom is -0.427 e. The van der Waals surface area contributed by atoms with Gasteiger partial charge in [-0.05, 0) is 47.5 Å². The molecule has 1 amide bonds. The Bertz CT molecular complexity index is 918. The molecule has 26 heavy (non-hydrogen) atoms. The van der Waals surface area contributed by atoms with E-state index in [1.807, 2.05) is 60.7 Å². The summed E-state index contributed by atoms with van der Waals surface area (Å²) < 4.78 is 5.05. The Morgan fingerprint density at radius 3 is 2.15 bits per heavy atom. The van der Waals surface area contributed by atoms with Crippen molar-refractivity contribution < 1.29 is 14.3 Å². The molecule has 3 aromatic rings. The predicted octanol–water partition coefficient (Wildman–Crippen LogP) is 4.56. The van der Waals surface area contributed by atoms with Crippen LogP contribution in [0.2, 0.25) is 0 Å². The van der Waals surface area contributed by atoms with Crippen LogP contribution in [0.25, 0.3) is 11.1 Å². The van der Waals surface area contributed by atoms with E-state index in [0.29, 0.717) is 11.3 Å². The van der Waals surface area contributed by atoms with E-state index in [2.05, 4.69) is 0 Å². The highest BCUT2D eigenvalue weighted by Gasteiger charge is 2.14. The number of nitrogens with zero attached hydrogens (tertiary/aromatic N) is 1. The van der Waals surface area contributed by atoms with E-state index in [1.165, 1.54) is 6.92 Å². The van der Waals surface area contributed by atoms with Crippen molar-refractivity contribution in [3.63, 3.8) is 0 Å². The lowest BCUT2D eigenvalue weighted by atomic mass is 10.0. The van der Waals surface area contributed by atoms with Crippen LogP contribution in [0.3, 0.4) is 0 Å². The molecule has 0 atom stereocenters. The molecule has 0 aromatic heterocycles. The molecule has 0 aliphatic heterocycles. The van der Waals surface area contributed by atoms with Gasteiger partial charge in [-0.3, -0.25) is 9.59 Å². The van der Waals surface area contributed by atoms with Crippen molar-refractivity contribution in [2.75, 3.05) is 11.9 Å². The Morgan fingerprint density at radius 2 is 1.50 bits per heavy atom. The fourth-order valence-corrected chi connectivity index (χ4v) is 2.68. The summed E-state index contributed by atoms with van der Waals surface area (Å²) in [6.07, 6.45) is 0. The van der Waals surface area contributed by atoms with Gasteiger partial charge in [0.05, 0.1) is 0 Å². The number of anilines is 1. The van der Waals surface area contributed by atoms with Crippen LogP contribution in [0.5, 0.6) is 5.75 Å². The van der Waals surface area contributed by atoms with E-state index in [0.717, 1.165) is 16.8 Å². The fraction of sp³-hybridized carbons (Fsp3) is 0.0909. The van der Waals surface area contributed by atoms with Gasteiger partial charge in [0.25, 0.3) is 5.91 Å². The van der Waals surface area contributed by atoms with Crippen LogP contribution in [0.4, 0.5) is 5.69 Å². The summed E-state index contributed by atoms with van der Waals surface area (Å²) in [5.74, 6) is 0.0705. The standard InChI is InChI=1S/C22H19NO3/c1-16(24)26-21-13-11-17(12-14-21)18-7-6-8-19(15-18)22(25)23(2)20-9-4-3-5-10-20/h3-15H,1-2H3. The smallest absolute Gasteiger partial charge is 0.308 e. The molecular weight excluding hydrogens is 326 g/mol. The zero-order valence-corrected chi connectivity index (χ0v) is 14.7. The molecule has 0 spiro atoms. The Balaban J connectivity index is 1.84. The molecule has 130 valence electrons. The zero-order chi connectivity index (χ0) is 18.5. The fourth-order valence-electron chi connectivity index (χ4n) is 2.68. The molecule has 3 aromatic carbocycles. The average molecular weight is 345 g/mol. The monoisotopic (exact) mass is 345 g/mol. The molecule has 0 unspecified atom stereocenters. The number of carbonyl (C=O) groups is 2. The maximum atomic E-state index is 12.8. The van der Waals surface area contributed by atoms with Crippen molar-refractivity contribution in [2.45, 2.75) is 6.92 Å². The van der Waals surface area contributed by atoms with Crippen LogP contribution >= 0.6 is 0 Å². The van der Waals surface area contributed by atoms with Gasteiger partial charge < -0.3 is 9.64 Å².